The molecule has 0 bridgehead atoms. The van der Waals surface area contributed by atoms with Gasteiger partial charge >= 0.3 is 0 Å². The molecular formula is C18H16ClFN4O2S. The number of hydrogen-bond donors (Lipinski definition) is 1. The van der Waals surface area contributed by atoms with Crippen LogP contribution < -0.4 is 10.1 Å². The van der Waals surface area contributed by atoms with Gasteiger partial charge in [-0.1, -0.05) is 35.5 Å². The second-order valence-corrected chi connectivity index (χ2v) is 6.88. The monoisotopic (exact) mass is 406 g/mol. The van der Waals surface area contributed by atoms with Crippen molar-refractivity contribution >= 4 is 35.0 Å². The van der Waals surface area contributed by atoms with Crippen molar-refractivity contribution in [2.24, 2.45) is 0 Å². The van der Waals surface area contributed by atoms with E-state index in [1.54, 1.807) is 11.7 Å². The van der Waals surface area contributed by atoms with Crippen LogP contribution in [-0.4, -0.2) is 33.5 Å². The molecule has 0 aliphatic heterocycles. The predicted molar refractivity (Wildman–Crippen MR) is 103 cm³/mol. The Balaban J connectivity index is 1.74. The van der Waals surface area contributed by atoms with Crippen LogP contribution in [-0.2, 0) is 4.79 Å². The normalized spacial score (nSPS) is 10.7. The van der Waals surface area contributed by atoms with E-state index in [1.165, 1.54) is 23.9 Å². The number of rotatable bonds is 6. The summed E-state index contributed by atoms with van der Waals surface area (Å²) in [5.41, 5.74) is 0.849. The zero-order valence-corrected chi connectivity index (χ0v) is 16.1. The minimum Gasteiger partial charge on any atom is -0.495 e. The molecule has 1 N–H and O–H groups in total. The molecule has 3 aromatic rings. The van der Waals surface area contributed by atoms with Crippen LogP contribution in [0.1, 0.15) is 5.82 Å². The van der Waals surface area contributed by atoms with Crippen LogP contribution in [0.3, 0.4) is 0 Å². The van der Waals surface area contributed by atoms with Crippen LogP contribution in [0.5, 0.6) is 5.75 Å². The SMILES string of the molecule is COc1ccccc1-n1c(C)nnc1SCC(=O)Nc1ccc(Cl)cc1F. The van der Waals surface area contributed by atoms with Gasteiger partial charge in [0.15, 0.2) is 5.16 Å². The number of thioether (sulfide) groups is 1. The van der Waals surface area contributed by atoms with Crippen molar-refractivity contribution in [2.45, 2.75) is 12.1 Å². The zero-order valence-electron chi connectivity index (χ0n) is 14.6. The van der Waals surface area contributed by atoms with E-state index in [-0.39, 0.29) is 22.4 Å². The van der Waals surface area contributed by atoms with E-state index in [2.05, 4.69) is 15.5 Å². The summed E-state index contributed by atoms with van der Waals surface area (Å²) < 4.78 is 21.0. The van der Waals surface area contributed by atoms with Gasteiger partial charge in [0, 0.05) is 5.02 Å². The van der Waals surface area contributed by atoms with E-state index >= 15 is 0 Å². The van der Waals surface area contributed by atoms with Gasteiger partial charge in [0.1, 0.15) is 17.4 Å². The van der Waals surface area contributed by atoms with Crippen molar-refractivity contribution in [3.63, 3.8) is 0 Å². The Hall–Kier alpha value is -2.58. The largest absolute Gasteiger partial charge is 0.495 e. The first kappa shape index (κ1) is 19.2. The average molecular weight is 407 g/mol. The molecule has 6 nitrogen and oxygen atoms in total. The summed E-state index contributed by atoms with van der Waals surface area (Å²) in [7, 11) is 1.58. The number of halogens is 2. The summed E-state index contributed by atoms with van der Waals surface area (Å²) in [6, 6.07) is 11.5. The fourth-order valence-electron chi connectivity index (χ4n) is 2.44. The van der Waals surface area contributed by atoms with Crippen molar-refractivity contribution in [3.8, 4) is 11.4 Å². The summed E-state index contributed by atoms with van der Waals surface area (Å²) in [5.74, 6) is 0.401. The fourth-order valence-corrected chi connectivity index (χ4v) is 3.38. The molecule has 0 radical (unpaired) electrons. The number of hydrogen-bond acceptors (Lipinski definition) is 5. The van der Waals surface area contributed by atoms with Crippen LogP contribution in [0.2, 0.25) is 5.02 Å². The van der Waals surface area contributed by atoms with Crippen LogP contribution in [0.4, 0.5) is 10.1 Å². The molecule has 140 valence electrons. The summed E-state index contributed by atoms with van der Waals surface area (Å²) in [4.78, 5) is 12.2. The smallest absolute Gasteiger partial charge is 0.234 e. The number of aryl methyl sites for hydroxylation is 1. The van der Waals surface area contributed by atoms with Crippen LogP contribution in [0.15, 0.2) is 47.6 Å². The number of carbonyl (C=O) groups is 1. The van der Waals surface area contributed by atoms with Gasteiger partial charge in [-0.3, -0.25) is 9.36 Å². The Morgan fingerprint density at radius 1 is 1.30 bits per heavy atom. The number of para-hydroxylation sites is 2. The van der Waals surface area contributed by atoms with E-state index in [4.69, 9.17) is 16.3 Å². The molecular weight excluding hydrogens is 391 g/mol. The van der Waals surface area contributed by atoms with Crippen molar-refractivity contribution in [3.05, 3.63) is 59.1 Å². The lowest BCUT2D eigenvalue weighted by atomic mass is 10.3. The lowest BCUT2D eigenvalue weighted by molar-refractivity contribution is -0.113. The van der Waals surface area contributed by atoms with Crippen molar-refractivity contribution in [1.82, 2.24) is 14.8 Å². The average Bonchev–Trinajstić information content (AvgIpc) is 3.02. The Morgan fingerprint density at radius 2 is 2.07 bits per heavy atom. The van der Waals surface area contributed by atoms with E-state index in [9.17, 15) is 9.18 Å². The summed E-state index contributed by atoms with van der Waals surface area (Å²) in [5, 5.41) is 11.5. The Labute approximate surface area is 164 Å². The number of carbonyl (C=O) groups excluding carboxylic acids is 1. The molecule has 0 saturated heterocycles. The molecule has 0 saturated carbocycles. The van der Waals surface area contributed by atoms with E-state index in [1.807, 2.05) is 31.2 Å². The molecule has 0 fully saturated rings. The third-order valence-electron chi connectivity index (χ3n) is 3.66. The van der Waals surface area contributed by atoms with Crippen LogP contribution >= 0.6 is 23.4 Å². The fraction of sp³-hybridized carbons (Fsp3) is 0.167. The topological polar surface area (TPSA) is 69.0 Å². The highest BCUT2D eigenvalue weighted by Crippen LogP contribution is 2.28. The van der Waals surface area contributed by atoms with E-state index in [0.29, 0.717) is 16.7 Å². The van der Waals surface area contributed by atoms with Gasteiger partial charge in [-0.25, -0.2) is 4.39 Å². The second-order valence-electron chi connectivity index (χ2n) is 5.50. The number of nitrogens with one attached hydrogen (secondary N) is 1. The molecule has 0 aliphatic carbocycles. The van der Waals surface area contributed by atoms with Crippen LogP contribution in [0, 0.1) is 12.7 Å². The molecule has 0 spiro atoms. The molecule has 0 aliphatic rings. The molecule has 1 heterocycles. The van der Waals surface area contributed by atoms with Gasteiger partial charge in [-0.05, 0) is 37.3 Å². The van der Waals surface area contributed by atoms with Crippen molar-refractivity contribution in [1.29, 1.82) is 0 Å². The minimum atomic E-state index is -0.589. The molecule has 0 unspecified atom stereocenters. The van der Waals surface area contributed by atoms with E-state index in [0.717, 1.165) is 11.8 Å². The highest BCUT2D eigenvalue weighted by atomic mass is 35.5. The van der Waals surface area contributed by atoms with Gasteiger partial charge in [0.2, 0.25) is 5.91 Å². The Bertz CT molecular complexity index is 980. The maximum absolute atomic E-state index is 13.8. The number of methoxy groups -OCH3 is 1. The molecule has 1 amide bonds. The number of anilines is 1. The minimum absolute atomic E-state index is 0.0371. The van der Waals surface area contributed by atoms with E-state index < -0.39 is 5.82 Å². The molecule has 9 heteroatoms. The Morgan fingerprint density at radius 3 is 2.81 bits per heavy atom. The molecule has 3 rings (SSSR count). The molecule has 0 atom stereocenters. The highest BCUT2D eigenvalue weighted by Gasteiger charge is 2.16. The second kappa shape index (κ2) is 8.41. The standard InChI is InChI=1S/C18H16ClFN4O2S/c1-11-22-23-18(24(11)15-5-3-4-6-16(15)26-2)27-10-17(25)21-14-8-7-12(19)9-13(14)20/h3-9H,10H2,1-2H3,(H,21,25). The number of aromatic nitrogens is 3. The van der Waals surface area contributed by atoms with Crippen LogP contribution in [0.25, 0.3) is 5.69 Å². The number of nitrogens with zero attached hydrogens (tertiary/aromatic N) is 3. The summed E-state index contributed by atoms with van der Waals surface area (Å²) in [6.07, 6.45) is 0. The number of benzene rings is 2. The number of ether oxygens (including phenoxy) is 1. The molecule has 1 aromatic heterocycles. The lowest BCUT2D eigenvalue weighted by Crippen LogP contribution is -2.15. The maximum atomic E-state index is 13.8. The Kier molecular flexibility index (Phi) is 5.98. The van der Waals surface area contributed by atoms with Gasteiger partial charge in [-0.15, -0.1) is 10.2 Å². The lowest BCUT2D eigenvalue weighted by Gasteiger charge is -2.12. The highest BCUT2D eigenvalue weighted by molar-refractivity contribution is 7.99. The van der Waals surface area contributed by atoms with Crippen molar-refractivity contribution < 1.29 is 13.9 Å². The molecule has 27 heavy (non-hydrogen) atoms. The van der Waals surface area contributed by atoms with Crippen molar-refractivity contribution in [2.75, 3.05) is 18.2 Å². The first-order valence-electron chi connectivity index (χ1n) is 7.92. The first-order valence-corrected chi connectivity index (χ1v) is 9.29. The number of amides is 1. The third-order valence-corrected chi connectivity index (χ3v) is 4.82. The zero-order chi connectivity index (χ0) is 19.4. The quantitative estimate of drug-likeness (QED) is 0.624. The maximum Gasteiger partial charge on any atom is 0.234 e. The molecule has 2 aromatic carbocycles. The van der Waals surface area contributed by atoms with Gasteiger partial charge < -0.3 is 10.1 Å². The van der Waals surface area contributed by atoms with Gasteiger partial charge in [-0.2, -0.15) is 0 Å². The summed E-state index contributed by atoms with van der Waals surface area (Å²) >= 11 is 6.90. The third kappa shape index (κ3) is 4.40. The van der Waals surface area contributed by atoms with Gasteiger partial charge in [0.05, 0.1) is 24.2 Å². The predicted octanol–water partition coefficient (Wildman–Crippen LogP) is 4.11. The summed E-state index contributed by atoms with van der Waals surface area (Å²) in [6.45, 7) is 1.81. The first-order chi connectivity index (χ1) is 13.0. The van der Waals surface area contributed by atoms with Gasteiger partial charge in [0.25, 0.3) is 0 Å².